The van der Waals surface area contributed by atoms with Crippen molar-refractivity contribution in [3.8, 4) is 0 Å². The molecule has 0 fully saturated rings. The summed E-state index contributed by atoms with van der Waals surface area (Å²) < 4.78 is 0. The molecule has 0 radical (unpaired) electrons. The van der Waals surface area contributed by atoms with E-state index in [1.807, 2.05) is 0 Å². The monoisotopic (exact) mass is 439 g/mol. The van der Waals surface area contributed by atoms with E-state index in [-0.39, 0.29) is 24.0 Å². The predicted molar refractivity (Wildman–Crippen MR) is 108 cm³/mol. The lowest BCUT2D eigenvalue weighted by atomic mass is 10.3. The number of halogens is 1. The Kier molecular flexibility index (Phi) is 11.8. The summed E-state index contributed by atoms with van der Waals surface area (Å²) in [7, 11) is 3.96. The number of nitrogens with zero attached hydrogens (tertiary/aromatic N) is 3. The van der Waals surface area contributed by atoms with Gasteiger partial charge in [-0.15, -0.1) is 35.3 Å². The second-order valence-electron chi connectivity index (χ2n) is 5.26. The number of thiazole rings is 1. The molecule has 0 aliphatic carbocycles. The second kappa shape index (κ2) is 12.1. The van der Waals surface area contributed by atoms with Gasteiger partial charge >= 0.3 is 0 Å². The molecule has 1 aromatic heterocycles. The van der Waals surface area contributed by atoms with Crippen LogP contribution in [0.25, 0.3) is 0 Å². The minimum atomic E-state index is 0. The first-order valence-corrected chi connectivity index (χ1v) is 8.44. The average Bonchev–Trinajstić information content (AvgIpc) is 2.79. The zero-order valence-electron chi connectivity index (χ0n) is 14.4. The van der Waals surface area contributed by atoms with Crippen molar-refractivity contribution in [1.82, 2.24) is 20.5 Å². The molecule has 0 saturated carbocycles. The zero-order valence-corrected chi connectivity index (χ0v) is 17.5. The summed E-state index contributed by atoms with van der Waals surface area (Å²) in [6.07, 6.45) is 2.50. The molecule has 1 rings (SSSR count). The number of hydrogen-bond donors (Lipinski definition) is 2. The maximum Gasteiger partial charge on any atom is 0.191 e. The van der Waals surface area contributed by atoms with Crippen LogP contribution in [-0.2, 0) is 6.54 Å². The number of likely N-dealkylation sites (N-methyl/N-ethyl adjacent to an activating group) is 1. The molecule has 0 aliphatic rings. The lowest BCUT2D eigenvalue weighted by molar-refractivity contribution is 0.332. The van der Waals surface area contributed by atoms with E-state index in [0.717, 1.165) is 42.8 Å². The van der Waals surface area contributed by atoms with E-state index in [1.54, 1.807) is 18.4 Å². The fourth-order valence-corrected chi connectivity index (χ4v) is 2.77. The fourth-order valence-electron chi connectivity index (χ4n) is 1.90. The van der Waals surface area contributed by atoms with Gasteiger partial charge in [0.2, 0.25) is 0 Å². The van der Waals surface area contributed by atoms with Gasteiger partial charge in [-0.2, -0.15) is 0 Å². The van der Waals surface area contributed by atoms with E-state index in [0.29, 0.717) is 0 Å². The van der Waals surface area contributed by atoms with Crippen molar-refractivity contribution in [2.75, 3.05) is 33.7 Å². The molecule has 5 nitrogen and oxygen atoms in total. The molecule has 0 spiro atoms. The van der Waals surface area contributed by atoms with Crippen LogP contribution in [0.5, 0.6) is 0 Å². The first-order chi connectivity index (χ1) is 10.1. The molecular formula is C15H30IN5S. The number of hydrogen-bond acceptors (Lipinski definition) is 4. The van der Waals surface area contributed by atoms with Crippen LogP contribution in [0, 0.1) is 13.8 Å². The van der Waals surface area contributed by atoms with E-state index in [2.05, 4.69) is 53.3 Å². The van der Waals surface area contributed by atoms with Crippen LogP contribution in [-0.4, -0.2) is 49.6 Å². The van der Waals surface area contributed by atoms with Crippen LogP contribution in [0.2, 0.25) is 0 Å². The number of aryl methyl sites for hydroxylation is 2. The molecule has 0 saturated heterocycles. The summed E-state index contributed by atoms with van der Waals surface area (Å²) in [5, 5.41) is 7.76. The quantitative estimate of drug-likeness (QED) is 0.372. The van der Waals surface area contributed by atoms with Crippen molar-refractivity contribution >= 4 is 41.3 Å². The number of rotatable bonds is 8. The van der Waals surface area contributed by atoms with Crippen molar-refractivity contribution < 1.29 is 0 Å². The molecule has 1 heterocycles. The molecule has 22 heavy (non-hydrogen) atoms. The highest BCUT2D eigenvalue weighted by atomic mass is 127. The maximum atomic E-state index is 4.52. The fraction of sp³-hybridized carbons (Fsp3) is 0.733. The van der Waals surface area contributed by atoms with E-state index in [9.17, 15) is 0 Å². The Morgan fingerprint density at radius 2 is 2.00 bits per heavy atom. The van der Waals surface area contributed by atoms with Gasteiger partial charge in [0.15, 0.2) is 5.96 Å². The molecule has 0 atom stereocenters. The third-order valence-corrected chi connectivity index (χ3v) is 4.46. The standard InChI is InChI=1S/C15H29N5S.HI/c1-6-7-9-20(5)10-8-17-15(16-4)18-11-14-19-12(2)13(3)21-14;/h6-11H2,1-5H3,(H2,16,17,18);1H. The van der Waals surface area contributed by atoms with Crippen molar-refractivity contribution in [3.05, 3.63) is 15.6 Å². The van der Waals surface area contributed by atoms with Crippen molar-refractivity contribution in [2.24, 2.45) is 4.99 Å². The van der Waals surface area contributed by atoms with Crippen molar-refractivity contribution in [2.45, 2.75) is 40.2 Å². The van der Waals surface area contributed by atoms with E-state index < -0.39 is 0 Å². The highest BCUT2D eigenvalue weighted by Crippen LogP contribution is 2.15. The van der Waals surface area contributed by atoms with Gasteiger partial charge < -0.3 is 15.5 Å². The summed E-state index contributed by atoms with van der Waals surface area (Å²) >= 11 is 1.74. The van der Waals surface area contributed by atoms with Gasteiger partial charge in [-0.3, -0.25) is 4.99 Å². The molecule has 0 unspecified atom stereocenters. The average molecular weight is 439 g/mol. The zero-order chi connectivity index (χ0) is 15.7. The molecule has 0 bridgehead atoms. The van der Waals surface area contributed by atoms with Gasteiger partial charge in [-0.25, -0.2) is 4.98 Å². The van der Waals surface area contributed by atoms with E-state index >= 15 is 0 Å². The smallest absolute Gasteiger partial charge is 0.191 e. The van der Waals surface area contributed by atoms with Crippen molar-refractivity contribution in [1.29, 1.82) is 0 Å². The van der Waals surface area contributed by atoms with Crippen LogP contribution in [0.4, 0.5) is 0 Å². The first kappa shape index (κ1) is 21.6. The Morgan fingerprint density at radius 3 is 2.55 bits per heavy atom. The minimum Gasteiger partial charge on any atom is -0.355 e. The Morgan fingerprint density at radius 1 is 1.27 bits per heavy atom. The molecule has 1 aromatic rings. The summed E-state index contributed by atoms with van der Waals surface area (Å²) in [4.78, 5) is 12.4. The number of aliphatic imine (C=N–C) groups is 1. The first-order valence-electron chi connectivity index (χ1n) is 7.62. The van der Waals surface area contributed by atoms with Crippen molar-refractivity contribution in [3.63, 3.8) is 0 Å². The summed E-state index contributed by atoms with van der Waals surface area (Å²) in [6, 6.07) is 0. The van der Waals surface area contributed by atoms with Gasteiger partial charge in [0.25, 0.3) is 0 Å². The molecule has 0 aliphatic heterocycles. The van der Waals surface area contributed by atoms with Crippen LogP contribution in [0.15, 0.2) is 4.99 Å². The Hall–Kier alpha value is -0.410. The lowest BCUT2D eigenvalue weighted by Crippen LogP contribution is -2.40. The van der Waals surface area contributed by atoms with Crippen LogP contribution in [0.1, 0.15) is 35.3 Å². The van der Waals surface area contributed by atoms with Gasteiger partial charge in [0, 0.05) is 25.0 Å². The third-order valence-electron chi connectivity index (χ3n) is 3.38. The third kappa shape index (κ3) is 8.28. The van der Waals surface area contributed by atoms with Crippen LogP contribution in [0.3, 0.4) is 0 Å². The largest absolute Gasteiger partial charge is 0.355 e. The topological polar surface area (TPSA) is 52.5 Å². The second-order valence-corrected chi connectivity index (χ2v) is 6.55. The van der Waals surface area contributed by atoms with Gasteiger partial charge in [-0.05, 0) is 33.9 Å². The molecule has 128 valence electrons. The molecule has 0 aromatic carbocycles. The van der Waals surface area contributed by atoms with Gasteiger partial charge in [0.05, 0.1) is 12.2 Å². The Labute approximate surface area is 156 Å². The number of guanidine groups is 1. The number of aromatic nitrogens is 1. The highest BCUT2D eigenvalue weighted by molar-refractivity contribution is 14.0. The molecule has 7 heteroatoms. The van der Waals surface area contributed by atoms with Gasteiger partial charge in [0.1, 0.15) is 5.01 Å². The summed E-state index contributed by atoms with van der Waals surface area (Å²) in [5.74, 6) is 0.837. The van der Waals surface area contributed by atoms with E-state index in [1.165, 1.54) is 17.7 Å². The molecule has 0 amide bonds. The normalized spacial score (nSPS) is 11.5. The lowest BCUT2D eigenvalue weighted by Gasteiger charge is -2.17. The molecule has 2 N–H and O–H groups in total. The molecular weight excluding hydrogens is 409 g/mol. The van der Waals surface area contributed by atoms with E-state index in [4.69, 9.17) is 0 Å². The Bertz CT molecular complexity index is 428. The van der Waals surface area contributed by atoms with Gasteiger partial charge in [-0.1, -0.05) is 13.3 Å². The van der Waals surface area contributed by atoms with Crippen LogP contribution < -0.4 is 10.6 Å². The predicted octanol–water partition coefficient (Wildman–Crippen LogP) is 2.77. The summed E-state index contributed by atoms with van der Waals surface area (Å²) in [5.41, 5.74) is 1.12. The minimum absolute atomic E-state index is 0. The Balaban J connectivity index is 0.00000441. The number of nitrogens with one attached hydrogen (secondary N) is 2. The SMILES string of the molecule is CCCCN(C)CCNC(=NC)NCc1nc(C)c(C)s1.I. The highest BCUT2D eigenvalue weighted by Gasteiger charge is 2.05. The summed E-state index contributed by atoms with van der Waals surface area (Å²) in [6.45, 7) is 10.2. The number of unbranched alkanes of at least 4 members (excludes halogenated alkanes) is 1. The maximum absolute atomic E-state index is 4.52. The van der Waals surface area contributed by atoms with Crippen LogP contribution >= 0.6 is 35.3 Å².